The molecular weight excluding hydrogens is 350 g/mol. The minimum absolute atomic E-state index is 0.00645. The molecule has 0 aliphatic rings. The van der Waals surface area contributed by atoms with Crippen LogP contribution in [0, 0.1) is 0 Å². The number of carbonyl (C=O) groups is 2. The van der Waals surface area contributed by atoms with Gasteiger partial charge < -0.3 is 26.0 Å². The van der Waals surface area contributed by atoms with Crippen molar-refractivity contribution >= 4 is 11.8 Å². The summed E-state index contributed by atoms with van der Waals surface area (Å²) < 4.78 is 0. The lowest BCUT2D eigenvalue weighted by atomic mass is 10.1. The molecule has 144 valence electrons. The number of aromatic nitrogens is 1. The first-order chi connectivity index (χ1) is 13.0. The summed E-state index contributed by atoms with van der Waals surface area (Å²) in [7, 11) is 0. The van der Waals surface area contributed by atoms with E-state index in [9.17, 15) is 24.9 Å². The Morgan fingerprint density at radius 2 is 1.89 bits per heavy atom. The summed E-state index contributed by atoms with van der Waals surface area (Å²) in [5, 5.41) is 33.9. The third-order valence-electron chi connectivity index (χ3n) is 4.00. The molecule has 0 aliphatic carbocycles. The standard InChI is InChI=1S/C19H23N3O5/c23-12-14(22-18(26)13-5-4-9-20-11-13)6-1-2-10-21-19(27)15-7-3-8-16(24)17(15)25/h3-5,7-9,11,14,23-25H,1-2,6,10,12H2,(H,21,27)(H,22,26)/t14-/m0/s1. The van der Waals surface area contributed by atoms with E-state index in [4.69, 9.17) is 0 Å². The lowest BCUT2D eigenvalue weighted by molar-refractivity contribution is 0.0911. The van der Waals surface area contributed by atoms with Crippen LogP contribution in [0.2, 0.25) is 0 Å². The van der Waals surface area contributed by atoms with E-state index in [0.29, 0.717) is 31.4 Å². The molecule has 1 aromatic heterocycles. The number of pyridine rings is 1. The number of phenolic OH excluding ortho intramolecular Hbond substituents is 2. The summed E-state index contributed by atoms with van der Waals surface area (Å²) in [4.78, 5) is 27.9. The van der Waals surface area contributed by atoms with Crippen LogP contribution < -0.4 is 10.6 Å². The summed E-state index contributed by atoms with van der Waals surface area (Å²) in [6.07, 6.45) is 4.88. The Morgan fingerprint density at radius 1 is 1.07 bits per heavy atom. The van der Waals surface area contributed by atoms with Gasteiger partial charge in [0.05, 0.1) is 23.8 Å². The summed E-state index contributed by atoms with van der Waals surface area (Å²) in [6, 6.07) is 7.10. The average Bonchev–Trinajstić information content (AvgIpc) is 2.69. The molecule has 0 spiro atoms. The van der Waals surface area contributed by atoms with Crippen molar-refractivity contribution in [2.24, 2.45) is 0 Å². The van der Waals surface area contributed by atoms with Gasteiger partial charge in [-0.2, -0.15) is 0 Å². The van der Waals surface area contributed by atoms with Crippen molar-refractivity contribution in [1.82, 2.24) is 15.6 Å². The van der Waals surface area contributed by atoms with E-state index in [1.807, 2.05) is 0 Å². The Balaban J connectivity index is 1.71. The number of carbonyl (C=O) groups excluding carboxylic acids is 2. The first-order valence-electron chi connectivity index (χ1n) is 8.63. The highest BCUT2D eigenvalue weighted by molar-refractivity contribution is 5.97. The number of benzene rings is 1. The van der Waals surface area contributed by atoms with Crippen LogP contribution in [-0.4, -0.2) is 51.3 Å². The van der Waals surface area contributed by atoms with E-state index in [2.05, 4.69) is 15.6 Å². The smallest absolute Gasteiger partial charge is 0.255 e. The zero-order valence-corrected chi connectivity index (χ0v) is 14.8. The van der Waals surface area contributed by atoms with Crippen molar-refractivity contribution in [3.05, 3.63) is 53.9 Å². The van der Waals surface area contributed by atoms with E-state index in [0.717, 1.165) is 0 Å². The van der Waals surface area contributed by atoms with Gasteiger partial charge in [-0.05, 0) is 43.5 Å². The zero-order chi connectivity index (χ0) is 19.6. The van der Waals surface area contributed by atoms with Gasteiger partial charge in [-0.25, -0.2) is 0 Å². The number of aliphatic hydroxyl groups excluding tert-OH is 1. The molecule has 0 fully saturated rings. The van der Waals surface area contributed by atoms with Crippen LogP contribution in [0.15, 0.2) is 42.7 Å². The van der Waals surface area contributed by atoms with E-state index in [1.54, 1.807) is 18.3 Å². The first kappa shape index (κ1) is 20.2. The van der Waals surface area contributed by atoms with Crippen molar-refractivity contribution in [2.75, 3.05) is 13.2 Å². The summed E-state index contributed by atoms with van der Waals surface area (Å²) >= 11 is 0. The van der Waals surface area contributed by atoms with Crippen LogP contribution in [0.3, 0.4) is 0 Å². The number of para-hydroxylation sites is 1. The Kier molecular flexibility index (Phi) is 7.57. The van der Waals surface area contributed by atoms with Gasteiger partial charge >= 0.3 is 0 Å². The van der Waals surface area contributed by atoms with Crippen molar-refractivity contribution in [3.63, 3.8) is 0 Å². The largest absolute Gasteiger partial charge is 0.504 e. The molecule has 8 nitrogen and oxygen atoms in total. The topological polar surface area (TPSA) is 132 Å². The molecule has 0 unspecified atom stereocenters. The van der Waals surface area contributed by atoms with Gasteiger partial charge in [0.25, 0.3) is 11.8 Å². The van der Waals surface area contributed by atoms with E-state index >= 15 is 0 Å². The highest BCUT2D eigenvalue weighted by atomic mass is 16.3. The Bertz CT molecular complexity index is 767. The maximum absolute atomic E-state index is 12.0. The highest BCUT2D eigenvalue weighted by Crippen LogP contribution is 2.27. The van der Waals surface area contributed by atoms with Crippen LogP contribution in [-0.2, 0) is 0 Å². The molecule has 1 aromatic carbocycles. The number of hydrogen-bond acceptors (Lipinski definition) is 6. The predicted octanol–water partition coefficient (Wildman–Crippen LogP) is 1.18. The molecule has 2 amide bonds. The molecule has 1 atom stereocenters. The molecule has 0 radical (unpaired) electrons. The molecule has 0 bridgehead atoms. The molecule has 0 saturated carbocycles. The quantitative estimate of drug-likeness (QED) is 0.331. The van der Waals surface area contributed by atoms with Crippen molar-refractivity contribution < 1.29 is 24.9 Å². The second kappa shape index (κ2) is 10.1. The Morgan fingerprint density at radius 3 is 2.59 bits per heavy atom. The SMILES string of the molecule is O=C(N[C@H](CO)CCCCNC(=O)c1cccc(O)c1O)c1cccnc1. The van der Waals surface area contributed by atoms with Gasteiger partial charge in [-0.1, -0.05) is 6.07 Å². The maximum Gasteiger partial charge on any atom is 0.255 e. The highest BCUT2D eigenvalue weighted by Gasteiger charge is 2.14. The number of unbranched alkanes of at least 4 members (excludes halogenated alkanes) is 1. The molecule has 27 heavy (non-hydrogen) atoms. The van der Waals surface area contributed by atoms with Gasteiger partial charge in [0, 0.05) is 18.9 Å². The van der Waals surface area contributed by atoms with Crippen LogP contribution in [0.5, 0.6) is 11.5 Å². The molecule has 0 saturated heterocycles. The van der Waals surface area contributed by atoms with Gasteiger partial charge in [-0.3, -0.25) is 14.6 Å². The molecular formula is C19H23N3O5. The molecule has 2 aromatic rings. The first-order valence-corrected chi connectivity index (χ1v) is 8.63. The Hall–Kier alpha value is -3.13. The number of rotatable bonds is 9. The van der Waals surface area contributed by atoms with Gasteiger partial charge in [0.2, 0.25) is 0 Å². The summed E-state index contributed by atoms with van der Waals surface area (Å²) in [6.45, 7) is 0.179. The van der Waals surface area contributed by atoms with E-state index in [-0.39, 0.29) is 29.9 Å². The van der Waals surface area contributed by atoms with Gasteiger partial charge in [0.15, 0.2) is 11.5 Å². The van der Waals surface area contributed by atoms with Crippen molar-refractivity contribution in [2.45, 2.75) is 25.3 Å². The fraction of sp³-hybridized carbons (Fsp3) is 0.316. The fourth-order valence-electron chi connectivity index (χ4n) is 2.50. The van der Waals surface area contributed by atoms with Crippen LogP contribution in [0.1, 0.15) is 40.0 Å². The third kappa shape index (κ3) is 5.96. The summed E-state index contributed by atoms with van der Waals surface area (Å²) in [5.41, 5.74) is 0.432. The predicted molar refractivity (Wildman–Crippen MR) is 98.5 cm³/mol. The fourth-order valence-corrected chi connectivity index (χ4v) is 2.50. The van der Waals surface area contributed by atoms with Crippen LogP contribution in [0.25, 0.3) is 0 Å². The average molecular weight is 373 g/mol. The number of phenols is 2. The minimum atomic E-state index is -0.480. The van der Waals surface area contributed by atoms with Gasteiger partial charge in [0.1, 0.15) is 0 Å². The van der Waals surface area contributed by atoms with Crippen molar-refractivity contribution in [3.8, 4) is 11.5 Å². The lowest BCUT2D eigenvalue weighted by Gasteiger charge is -2.16. The lowest BCUT2D eigenvalue weighted by Crippen LogP contribution is -2.37. The number of hydrogen-bond donors (Lipinski definition) is 5. The molecule has 0 aliphatic heterocycles. The number of nitrogens with one attached hydrogen (secondary N) is 2. The Labute approximate surface area is 156 Å². The number of amides is 2. The number of aromatic hydroxyl groups is 2. The van der Waals surface area contributed by atoms with E-state index in [1.165, 1.54) is 24.4 Å². The zero-order valence-electron chi connectivity index (χ0n) is 14.8. The maximum atomic E-state index is 12.0. The number of nitrogens with zero attached hydrogens (tertiary/aromatic N) is 1. The molecule has 2 rings (SSSR count). The van der Waals surface area contributed by atoms with Gasteiger partial charge in [-0.15, -0.1) is 0 Å². The third-order valence-corrected chi connectivity index (χ3v) is 4.00. The van der Waals surface area contributed by atoms with E-state index < -0.39 is 11.7 Å². The summed E-state index contributed by atoms with van der Waals surface area (Å²) in [5.74, 6) is -1.58. The monoisotopic (exact) mass is 373 g/mol. The van der Waals surface area contributed by atoms with Crippen molar-refractivity contribution in [1.29, 1.82) is 0 Å². The molecule has 8 heteroatoms. The molecule has 1 heterocycles. The van der Waals surface area contributed by atoms with Crippen LogP contribution in [0.4, 0.5) is 0 Å². The normalized spacial score (nSPS) is 11.6. The number of aliphatic hydroxyl groups is 1. The molecule has 5 N–H and O–H groups in total. The minimum Gasteiger partial charge on any atom is -0.504 e. The second-order valence-electron chi connectivity index (χ2n) is 6.02. The second-order valence-corrected chi connectivity index (χ2v) is 6.02. The van der Waals surface area contributed by atoms with Crippen LogP contribution >= 0.6 is 0 Å².